The molecule has 1 rings (SSSR count). The smallest absolute Gasteiger partial charge is 0.508 e. The molecule has 0 aromatic heterocycles. The number of benzene rings is 1. The van der Waals surface area contributed by atoms with E-state index in [4.69, 9.17) is 4.74 Å². The summed E-state index contributed by atoms with van der Waals surface area (Å²) in [4.78, 5) is 13.1. The number of hydrogen-bond acceptors (Lipinski definition) is 6. The minimum Gasteiger partial charge on any atom is -0.508 e. The molecule has 1 aromatic rings. The van der Waals surface area contributed by atoms with E-state index in [9.17, 15) is 23.1 Å². The first kappa shape index (κ1) is 31.3. The Morgan fingerprint density at radius 2 is 2.03 bits per heavy atom. The summed E-state index contributed by atoms with van der Waals surface area (Å²) < 4.78 is 47.2. The molecule has 0 bridgehead atoms. The highest BCUT2D eigenvalue weighted by atomic mass is 19.4. The van der Waals surface area contributed by atoms with E-state index in [0.717, 1.165) is 17.5 Å². The molecule has 0 amide bonds. The number of aldehydes is 1. The lowest BCUT2D eigenvalue weighted by molar-refractivity contribution is -0.303. The average molecular weight is 513 g/mol. The van der Waals surface area contributed by atoms with Gasteiger partial charge in [0, 0.05) is 31.4 Å². The van der Waals surface area contributed by atoms with Crippen LogP contribution in [-0.2, 0) is 14.3 Å². The number of nitrogens with one attached hydrogen (secondary N) is 1. The maximum absolute atomic E-state index is 12.4. The van der Waals surface area contributed by atoms with Crippen molar-refractivity contribution in [3.63, 3.8) is 0 Å². The molecule has 0 aliphatic heterocycles. The zero-order chi connectivity index (χ0) is 27.4. The molecule has 36 heavy (non-hydrogen) atoms. The molecule has 0 fully saturated rings. The van der Waals surface area contributed by atoms with Crippen molar-refractivity contribution in [2.75, 3.05) is 38.2 Å². The van der Waals surface area contributed by atoms with Crippen LogP contribution in [0, 0.1) is 12.8 Å². The molecule has 6 nitrogen and oxygen atoms in total. The van der Waals surface area contributed by atoms with Crippen LogP contribution < -0.4 is 10.2 Å². The Morgan fingerprint density at radius 3 is 2.56 bits per heavy atom. The summed E-state index contributed by atoms with van der Waals surface area (Å²) in [6.07, 6.45) is 1.55. The van der Waals surface area contributed by atoms with Gasteiger partial charge in [-0.2, -0.15) is 0 Å². The van der Waals surface area contributed by atoms with E-state index in [0.29, 0.717) is 38.0 Å². The molecule has 0 saturated heterocycles. The summed E-state index contributed by atoms with van der Waals surface area (Å²) in [6.45, 7) is 12.6. The Hall–Kier alpha value is -2.78. The molecule has 0 aliphatic rings. The lowest BCUT2D eigenvalue weighted by Gasteiger charge is -2.37. The molecule has 0 aliphatic carbocycles. The Balaban J connectivity index is 2.78. The number of carbonyl (C=O) groups excluding carboxylic acids is 1. The van der Waals surface area contributed by atoms with E-state index in [1.54, 1.807) is 12.1 Å². The molecule has 0 heterocycles. The zero-order valence-electron chi connectivity index (χ0n) is 21.8. The number of aliphatic hydroxyl groups excluding tert-OH is 1. The van der Waals surface area contributed by atoms with Crippen LogP contribution >= 0.6 is 0 Å². The molecule has 2 atom stereocenters. The van der Waals surface area contributed by atoms with Gasteiger partial charge >= 0.3 is 6.36 Å². The summed E-state index contributed by atoms with van der Waals surface area (Å²) in [5, 5.41) is 13.0. The lowest BCUT2D eigenvalue weighted by atomic mass is 9.94. The first-order valence-electron chi connectivity index (χ1n) is 11.9. The molecule has 2 unspecified atom stereocenters. The predicted octanol–water partition coefficient (Wildman–Crippen LogP) is 5.94. The minimum absolute atomic E-state index is 0.00879. The van der Waals surface area contributed by atoms with E-state index in [1.807, 2.05) is 40.0 Å². The molecule has 0 spiro atoms. The Morgan fingerprint density at radius 1 is 1.33 bits per heavy atom. The van der Waals surface area contributed by atoms with Crippen LogP contribution in [0.1, 0.15) is 44.7 Å². The van der Waals surface area contributed by atoms with E-state index >= 15 is 0 Å². The molecule has 202 valence electrons. The van der Waals surface area contributed by atoms with Crippen molar-refractivity contribution < 1.29 is 32.5 Å². The summed E-state index contributed by atoms with van der Waals surface area (Å²) in [5.41, 5.74) is 2.01. The minimum atomic E-state index is -4.72. The van der Waals surface area contributed by atoms with E-state index in [-0.39, 0.29) is 24.0 Å². The van der Waals surface area contributed by atoms with Gasteiger partial charge in [-0.05, 0) is 75.1 Å². The van der Waals surface area contributed by atoms with Gasteiger partial charge in [0.1, 0.15) is 24.4 Å². The average Bonchev–Trinajstić information content (AvgIpc) is 2.81. The van der Waals surface area contributed by atoms with Gasteiger partial charge in [-0.3, -0.25) is 0 Å². The van der Waals surface area contributed by atoms with Gasteiger partial charge in [-0.1, -0.05) is 26.5 Å². The van der Waals surface area contributed by atoms with Crippen LogP contribution in [0.2, 0.25) is 0 Å². The number of allylic oxidation sites excluding steroid dienone is 2. The van der Waals surface area contributed by atoms with Crippen LogP contribution in [0.5, 0.6) is 0 Å². The van der Waals surface area contributed by atoms with Gasteiger partial charge in [-0.25, -0.2) is 0 Å². The number of aliphatic hydroxyl groups is 1. The van der Waals surface area contributed by atoms with Gasteiger partial charge in [0.25, 0.3) is 0 Å². The second-order valence-corrected chi connectivity index (χ2v) is 8.85. The number of halogens is 3. The van der Waals surface area contributed by atoms with Crippen molar-refractivity contribution in [3.05, 3.63) is 59.9 Å². The monoisotopic (exact) mass is 512 g/mol. The van der Waals surface area contributed by atoms with Gasteiger partial charge in [-0.15, -0.1) is 13.2 Å². The van der Waals surface area contributed by atoms with Crippen LogP contribution in [0.15, 0.2) is 48.8 Å². The third kappa shape index (κ3) is 10.9. The predicted molar refractivity (Wildman–Crippen MR) is 138 cm³/mol. The van der Waals surface area contributed by atoms with Crippen LogP contribution in [0.3, 0.4) is 0 Å². The van der Waals surface area contributed by atoms with Crippen molar-refractivity contribution in [1.29, 1.82) is 0 Å². The number of nitrogens with zero attached hydrogens (tertiary/aromatic N) is 1. The van der Waals surface area contributed by atoms with Crippen molar-refractivity contribution in [2.45, 2.75) is 52.5 Å². The zero-order valence-corrected chi connectivity index (χ0v) is 21.8. The van der Waals surface area contributed by atoms with E-state index in [2.05, 4.69) is 21.5 Å². The van der Waals surface area contributed by atoms with Gasteiger partial charge in [0.2, 0.25) is 0 Å². The van der Waals surface area contributed by atoms with Crippen molar-refractivity contribution in [2.24, 2.45) is 5.92 Å². The first-order chi connectivity index (χ1) is 16.9. The number of likely N-dealkylation sites (N-methyl/N-ethyl adjacent to an activating group) is 1. The molecule has 0 saturated carbocycles. The third-order valence-corrected chi connectivity index (χ3v) is 5.90. The highest BCUT2D eigenvalue weighted by molar-refractivity contribution is 5.63. The molecule has 0 radical (unpaired) electrons. The van der Waals surface area contributed by atoms with Crippen LogP contribution in [0.25, 0.3) is 5.76 Å². The van der Waals surface area contributed by atoms with Crippen LogP contribution in [0.4, 0.5) is 18.9 Å². The SMILES string of the molecule is C=C(O)c1ccc(N(C)CC(CC)(CCNCC(C)/C=C\C(=C/C)OC(F)(F)F)OCC=O)c(C)c1. The second kappa shape index (κ2) is 14.7. The number of carbonyl (C=O) groups is 1. The first-order valence-corrected chi connectivity index (χ1v) is 11.9. The second-order valence-electron chi connectivity index (χ2n) is 8.85. The fraction of sp³-hybridized carbons (Fsp3) is 0.519. The Bertz CT molecular complexity index is 915. The molecule has 9 heteroatoms. The highest BCUT2D eigenvalue weighted by Crippen LogP contribution is 2.28. The molecule has 1 aromatic carbocycles. The fourth-order valence-corrected chi connectivity index (χ4v) is 3.87. The maximum Gasteiger partial charge on any atom is 0.573 e. The molecule has 2 N–H and O–H groups in total. The third-order valence-electron chi connectivity index (χ3n) is 5.90. The van der Waals surface area contributed by atoms with E-state index in [1.165, 1.54) is 19.1 Å². The number of rotatable bonds is 16. The Labute approximate surface area is 212 Å². The largest absolute Gasteiger partial charge is 0.573 e. The van der Waals surface area contributed by atoms with E-state index < -0.39 is 12.0 Å². The number of alkyl halides is 3. The van der Waals surface area contributed by atoms with Gasteiger partial charge < -0.3 is 29.6 Å². The van der Waals surface area contributed by atoms with Crippen LogP contribution in [-0.4, -0.2) is 56.6 Å². The number of anilines is 1. The van der Waals surface area contributed by atoms with Crippen molar-refractivity contribution in [3.8, 4) is 0 Å². The number of aryl methyl sites for hydroxylation is 1. The number of hydrogen-bond donors (Lipinski definition) is 2. The van der Waals surface area contributed by atoms with Gasteiger partial charge in [0.05, 0.1) is 5.60 Å². The lowest BCUT2D eigenvalue weighted by Crippen LogP contribution is -2.46. The molecular weight excluding hydrogens is 473 g/mol. The Kier molecular flexibility index (Phi) is 12.8. The van der Waals surface area contributed by atoms with Gasteiger partial charge in [0.15, 0.2) is 0 Å². The topological polar surface area (TPSA) is 71.0 Å². The summed E-state index contributed by atoms with van der Waals surface area (Å²) in [7, 11) is 1.95. The summed E-state index contributed by atoms with van der Waals surface area (Å²) in [5.74, 6) is -0.278. The highest BCUT2D eigenvalue weighted by Gasteiger charge is 2.32. The van der Waals surface area contributed by atoms with Crippen molar-refractivity contribution >= 4 is 17.7 Å². The fourth-order valence-electron chi connectivity index (χ4n) is 3.87. The standard InChI is InChI=1S/C27H39F3N2O4/c1-7-24(36-27(28,29)30)11-9-20(3)18-31-14-13-26(8-2,35-16-15-33)19-32(6)25-12-10-23(22(5)34)17-21(25)4/h7,9-12,15,17,20,31,34H,5,8,13-14,16,18-19H2,1-4,6H3/b11-9-,24-7+. The summed E-state index contributed by atoms with van der Waals surface area (Å²) >= 11 is 0. The normalized spacial score (nSPS) is 14.9. The quantitative estimate of drug-likeness (QED) is 0.124. The number of ether oxygens (including phenoxy) is 2. The van der Waals surface area contributed by atoms with Crippen molar-refractivity contribution in [1.82, 2.24) is 5.32 Å². The summed E-state index contributed by atoms with van der Waals surface area (Å²) in [6, 6.07) is 5.58. The maximum atomic E-state index is 12.4. The molecular formula is C27H39F3N2O4.